The van der Waals surface area contributed by atoms with E-state index < -0.39 is 0 Å². The van der Waals surface area contributed by atoms with Crippen LogP contribution in [0, 0.1) is 0 Å². The summed E-state index contributed by atoms with van der Waals surface area (Å²) in [6.45, 7) is 3.87. The fraction of sp³-hybridized carbons (Fsp3) is 0.217. The normalized spacial score (nSPS) is 15.8. The number of rotatable bonds is 3. The molecule has 1 atom stereocenters. The molecule has 0 spiro atoms. The standard InChI is InChI=1S/C23H22N2O4/c1-15-14-24(23(27)22-5-4-12-29-22)21-13-18(8-11-20(21)25(15)16(2)26)17-6-9-19(28-3)10-7-17/h4-13,15H,14H2,1-3H3/t15-/m0/s1. The van der Waals surface area contributed by atoms with E-state index in [0.29, 0.717) is 17.9 Å². The quantitative estimate of drug-likeness (QED) is 0.667. The Morgan fingerprint density at radius 1 is 1.03 bits per heavy atom. The van der Waals surface area contributed by atoms with Crippen LogP contribution in [0.4, 0.5) is 11.4 Å². The summed E-state index contributed by atoms with van der Waals surface area (Å²) in [5, 5.41) is 0. The molecule has 0 unspecified atom stereocenters. The van der Waals surface area contributed by atoms with Crippen LogP contribution >= 0.6 is 0 Å². The number of carbonyl (C=O) groups is 2. The maximum atomic E-state index is 13.1. The number of fused-ring (bicyclic) bond motifs is 1. The lowest BCUT2D eigenvalue weighted by molar-refractivity contribution is -0.117. The van der Waals surface area contributed by atoms with Crippen LogP contribution in [0.15, 0.2) is 65.3 Å². The van der Waals surface area contributed by atoms with Crippen molar-refractivity contribution in [1.29, 1.82) is 0 Å². The molecule has 2 amide bonds. The largest absolute Gasteiger partial charge is 0.497 e. The second kappa shape index (κ2) is 7.47. The van der Waals surface area contributed by atoms with Crippen molar-refractivity contribution in [3.8, 4) is 16.9 Å². The zero-order chi connectivity index (χ0) is 20.5. The molecule has 0 aliphatic carbocycles. The number of hydrogen-bond acceptors (Lipinski definition) is 4. The van der Waals surface area contributed by atoms with Gasteiger partial charge in [0.25, 0.3) is 5.91 Å². The molecule has 1 aliphatic heterocycles. The number of carbonyl (C=O) groups excluding carboxylic acids is 2. The highest BCUT2D eigenvalue weighted by molar-refractivity contribution is 6.10. The number of methoxy groups -OCH3 is 1. The van der Waals surface area contributed by atoms with Crippen molar-refractivity contribution in [2.45, 2.75) is 19.9 Å². The number of ether oxygens (including phenoxy) is 1. The number of furan rings is 1. The van der Waals surface area contributed by atoms with Gasteiger partial charge < -0.3 is 19.0 Å². The molecule has 2 aromatic carbocycles. The summed E-state index contributed by atoms with van der Waals surface area (Å²) in [7, 11) is 1.63. The third-order valence-electron chi connectivity index (χ3n) is 5.15. The minimum atomic E-state index is -0.224. The first kappa shape index (κ1) is 18.8. The van der Waals surface area contributed by atoms with Crippen LogP contribution in [0.25, 0.3) is 11.1 Å². The summed E-state index contributed by atoms with van der Waals surface area (Å²) in [6, 6.07) is 16.7. The Balaban J connectivity index is 1.82. The van der Waals surface area contributed by atoms with Gasteiger partial charge in [-0.15, -0.1) is 0 Å². The second-order valence-electron chi connectivity index (χ2n) is 7.06. The molecule has 0 saturated heterocycles. The summed E-state index contributed by atoms with van der Waals surface area (Å²) in [5.41, 5.74) is 3.34. The van der Waals surface area contributed by atoms with E-state index in [2.05, 4.69) is 0 Å². The Bertz CT molecular complexity index is 1040. The van der Waals surface area contributed by atoms with Gasteiger partial charge in [0.05, 0.1) is 30.8 Å². The molecule has 0 fully saturated rings. The van der Waals surface area contributed by atoms with Gasteiger partial charge in [-0.05, 0) is 54.4 Å². The van der Waals surface area contributed by atoms with E-state index in [1.165, 1.54) is 6.26 Å². The average Bonchev–Trinajstić information content (AvgIpc) is 3.27. The lowest BCUT2D eigenvalue weighted by atomic mass is 10.00. The Morgan fingerprint density at radius 3 is 2.38 bits per heavy atom. The van der Waals surface area contributed by atoms with Crippen molar-refractivity contribution in [2.75, 3.05) is 23.5 Å². The molecule has 0 saturated carbocycles. The lowest BCUT2D eigenvalue weighted by Crippen LogP contribution is -2.51. The van der Waals surface area contributed by atoms with Gasteiger partial charge in [0.2, 0.25) is 5.91 Å². The van der Waals surface area contributed by atoms with Gasteiger partial charge >= 0.3 is 0 Å². The minimum absolute atomic E-state index is 0.0546. The number of amides is 2. The van der Waals surface area contributed by atoms with Gasteiger partial charge in [0.1, 0.15) is 5.75 Å². The van der Waals surface area contributed by atoms with Crippen LogP contribution in [0.3, 0.4) is 0 Å². The van der Waals surface area contributed by atoms with Crippen LogP contribution < -0.4 is 14.5 Å². The third kappa shape index (κ3) is 3.38. The highest BCUT2D eigenvalue weighted by atomic mass is 16.5. The van der Waals surface area contributed by atoms with Gasteiger partial charge in [-0.2, -0.15) is 0 Å². The number of hydrogen-bond donors (Lipinski definition) is 0. The molecule has 0 radical (unpaired) electrons. The topological polar surface area (TPSA) is 63.0 Å². The Labute approximate surface area is 169 Å². The smallest absolute Gasteiger partial charge is 0.294 e. The molecular formula is C23H22N2O4. The summed E-state index contributed by atoms with van der Waals surface area (Å²) < 4.78 is 10.6. The van der Waals surface area contributed by atoms with Gasteiger partial charge in [-0.1, -0.05) is 18.2 Å². The van der Waals surface area contributed by atoms with Gasteiger partial charge in [0, 0.05) is 13.5 Å². The van der Waals surface area contributed by atoms with Crippen LogP contribution in [-0.2, 0) is 4.79 Å². The molecule has 2 heterocycles. The molecule has 1 aromatic heterocycles. The zero-order valence-electron chi connectivity index (χ0n) is 16.6. The molecule has 6 heteroatoms. The van der Waals surface area contributed by atoms with Gasteiger partial charge in [-0.25, -0.2) is 0 Å². The van der Waals surface area contributed by atoms with E-state index in [9.17, 15) is 9.59 Å². The van der Waals surface area contributed by atoms with Crippen molar-refractivity contribution >= 4 is 23.2 Å². The molecule has 3 aromatic rings. The Morgan fingerprint density at radius 2 is 1.76 bits per heavy atom. The third-order valence-corrected chi connectivity index (χ3v) is 5.15. The second-order valence-corrected chi connectivity index (χ2v) is 7.06. The first-order valence-corrected chi connectivity index (χ1v) is 9.43. The minimum Gasteiger partial charge on any atom is -0.497 e. The van der Waals surface area contributed by atoms with E-state index in [0.717, 1.165) is 16.9 Å². The molecule has 6 nitrogen and oxygen atoms in total. The zero-order valence-corrected chi connectivity index (χ0v) is 16.6. The number of anilines is 2. The van der Waals surface area contributed by atoms with Crippen LogP contribution in [0.2, 0.25) is 0 Å². The highest BCUT2D eigenvalue weighted by Gasteiger charge is 2.34. The predicted molar refractivity (Wildman–Crippen MR) is 111 cm³/mol. The molecule has 0 bridgehead atoms. The maximum absolute atomic E-state index is 13.1. The molecule has 148 valence electrons. The first-order valence-electron chi connectivity index (χ1n) is 9.43. The van der Waals surface area contributed by atoms with Crippen LogP contribution in [-0.4, -0.2) is 31.5 Å². The van der Waals surface area contributed by atoms with Crippen molar-refractivity contribution in [2.24, 2.45) is 0 Å². The summed E-state index contributed by atoms with van der Waals surface area (Å²) in [6.07, 6.45) is 1.48. The van der Waals surface area contributed by atoms with Crippen LogP contribution in [0.5, 0.6) is 5.75 Å². The SMILES string of the molecule is COc1ccc(-c2ccc3c(c2)N(C(=O)c2ccco2)C[C@H](C)N3C(C)=O)cc1. The van der Waals surface area contributed by atoms with E-state index in [1.807, 2.05) is 49.4 Å². The Kier molecular flexibility index (Phi) is 4.84. The first-order chi connectivity index (χ1) is 14.0. The van der Waals surface area contributed by atoms with E-state index in [1.54, 1.807) is 36.0 Å². The number of benzene rings is 2. The fourth-order valence-corrected chi connectivity index (χ4v) is 3.79. The molecular weight excluding hydrogens is 368 g/mol. The number of nitrogens with zero attached hydrogens (tertiary/aromatic N) is 2. The highest BCUT2D eigenvalue weighted by Crippen LogP contribution is 2.39. The van der Waals surface area contributed by atoms with Crippen molar-refractivity contribution in [1.82, 2.24) is 0 Å². The average molecular weight is 390 g/mol. The fourth-order valence-electron chi connectivity index (χ4n) is 3.79. The maximum Gasteiger partial charge on any atom is 0.294 e. The van der Waals surface area contributed by atoms with Crippen molar-refractivity contribution in [3.05, 3.63) is 66.6 Å². The van der Waals surface area contributed by atoms with E-state index >= 15 is 0 Å². The van der Waals surface area contributed by atoms with E-state index in [4.69, 9.17) is 9.15 Å². The van der Waals surface area contributed by atoms with Gasteiger partial charge in [-0.3, -0.25) is 9.59 Å². The Hall–Kier alpha value is -3.54. The lowest BCUT2D eigenvalue weighted by Gasteiger charge is -2.40. The summed E-state index contributed by atoms with van der Waals surface area (Å²) in [5.74, 6) is 0.770. The van der Waals surface area contributed by atoms with E-state index in [-0.39, 0.29) is 23.6 Å². The molecule has 4 rings (SSSR count). The molecule has 1 aliphatic rings. The van der Waals surface area contributed by atoms with Crippen LogP contribution in [0.1, 0.15) is 24.4 Å². The monoisotopic (exact) mass is 390 g/mol. The molecule has 29 heavy (non-hydrogen) atoms. The van der Waals surface area contributed by atoms with Crippen molar-refractivity contribution in [3.63, 3.8) is 0 Å². The van der Waals surface area contributed by atoms with Crippen molar-refractivity contribution < 1.29 is 18.7 Å². The summed E-state index contributed by atoms with van der Waals surface area (Å²) >= 11 is 0. The summed E-state index contributed by atoms with van der Waals surface area (Å²) in [4.78, 5) is 28.8. The predicted octanol–water partition coefficient (Wildman–Crippen LogP) is 4.36. The van der Waals surface area contributed by atoms with Gasteiger partial charge in [0.15, 0.2) is 5.76 Å². The molecule has 0 N–H and O–H groups in total.